The van der Waals surface area contributed by atoms with E-state index in [1.54, 1.807) is 6.92 Å². The summed E-state index contributed by atoms with van der Waals surface area (Å²) in [7, 11) is 0. The summed E-state index contributed by atoms with van der Waals surface area (Å²) in [5.41, 5.74) is 5.95. The first kappa shape index (κ1) is 14.9. The lowest BCUT2D eigenvalue weighted by Crippen LogP contribution is -2.23. The lowest BCUT2D eigenvalue weighted by atomic mass is 10.2. The summed E-state index contributed by atoms with van der Waals surface area (Å²) < 4.78 is 9.81. The van der Waals surface area contributed by atoms with Gasteiger partial charge in [0.25, 0.3) is 5.69 Å². The number of nitrogen functional groups attached to an aromatic ring is 1. The second kappa shape index (κ2) is 6.27. The number of nitrogens with two attached hydrogens (primary N) is 1. The molecule has 10 heteroatoms. The summed E-state index contributed by atoms with van der Waals surface area (Å²) >= 11 is 5.96. The fraction of sp³-hybridized carbons (Fsp3) is 0.273. The van der Waals surface area contributed by atoms with E-state index in [0.29, 0.717) is 12.2 Å². The van der Waals surface area contributed by atoms with Crippen LogP contribution in [0.5, 0.6) is 5.88 Å². The van der Waals surface area contributed by atoms with Crippen LogP contribution in [0.1, 0.15) is 6.92 Å². The highest BCUT2D eigenvalue weighted by Crippen LogP contribution is 2.26. The molecule has 2 aromatic rings. The minimum atomic E-state index is -0.512. The Kier molecular flexibility index (Phi) is 4.43. The van der Waals surface area contributed by atoms with Gasteiger partial charge < -0.3 is 15.8 Å². The van der Waals surface area contributed by atoms with Crippen LogP contribution in [-0.4, -0.2) is 27.9 Å². The molecule has 0 aliphatic rings. The van der Waals surface area contributed by atoms with Gasteiger partial charge in [-0.25, -0.2) is 4.63 Å². The van der Waals surface area contributed by atoms with Gasteiger partial charge in [0.2, 0.25) is 5.82 Å². The number of nitrogens with zero attached hydrogens (tertiary/aromatic N) is 3. The van der Waals surface area contributed by atoms with Crippen LogP contribution >= 0.6 is 11.6 Å². The molecule has 0 amide bonds. The molecule has 9 nitrogen and oxygen atoms in total. The summed E-state index contributed by atoms with van der Waals surface area (Å²) in [6.45, 7) is 2.16. The molecule has 0 fully saturated rings. The van der Waals surface area contributed by atoms with Crippen molar-refractivity contribution in [2.45, 2.75) is 13.0 Å². The summed E-state index contributed by atoms with van der Waals surface area (Å²) in [6.07, 6.45) is -0.301. The molecule has 1 atom stereocenters. The van der Waals surface area contributed by atoms with Gasteiger partial charge in [0.15, 0.2) is 0 Å². The predicted octanol–water partition coefficient (Wildman–Crippen LogP) is 2.09. The third-order valence-corrected chi connectivity index (χ3v) is 2.85. The van der Waals surface area contributed by atoms with Crippen LogP contribution < -0.4 is 15.8 Å². The first-order chi connectivity index (χ1) is 9.97. The number of nitro benzene ring substituents is 1. The van der Waals surface area contributed by atoms with Crippen LogP contribution in [0.3, 0.4) is 0 Å². The Labute approximate surface area is 124 Å². The van der Waals surface area contributed by atoms with Gasteiger partial charge in [-0.2, -0.15) is 0 Å². The zero-order valence-electron chi connectivity index (χ0n) is 10.9. The number of rotatable bonds is 6. The number of nitro groups is 1. The number of halogens is 1. The molecule has 0 unspecified atom stereocenters. The van der Waals surface area contributed by atoms with E-state index in [0.717, 1.165) is 0 Å². The minimum absolute atomic E-state index is 0.0650. The molecule has 0 aliphatic heterocycles. The number of anilines is 2. The van der Waals surface area contributed by atoms with Crippen LogP contribution in [0.4, 0.5) is 17.2 Å². The van der Waals surface area contributed by atoms with E-state index in [2.05, 4.69) is 20.3 Å². The Bertz CT molecular complexity index is 647. The molecule has 0 saturated heterocycles. The zero-order valence-corrected chi connectivity index (χ0v) is 11.7. The third kappa shape index (κ3) is 3.72. The van der Waals surface area contributed by atoms with Crippen molar-refractivity contribution in [2.24, 2.45) is 0 Å². The van der Waals surface area contributed by atoms with E-state index in [-0.39, 0.29) is 28.5 Å². The summed E-state index contributed by atoms with van der Waals surface area (Å²) in [5, 5.41) is 20.8. The molecule has 3 N–H and O–H groups in total. The average Bonchev–Trinajstić information content (AvgIpc) is 2.82. The van der Waals surface area contributed by atoms with Gasteiger partial charge >= 0.3 is 5.88 Å². The Morgan fingerprint density at radius 3 is 2.90 bits per heavy atom. The van der Waals surface area contributed by atoms with Gasteiger partial charge in [0.05, 0.1) is 22.2 Å². The minimum Gasteiger partial charge on any atom is -0.468 e. The molecule has 1 heterocycles. The van der Waals surface area contributed by atoms with Gasteiger partial charge in [-0.1, -0.05) is 11.6 Å². The van der Waals surface area contributed by atoms with Crippen molar-refractivity contribution in [3.05, 3.63) is 33.3 Å². The van der Waals surface area contributed by atoms with E-state index in [1.165, 1.54) is 18.2 Å². The Morgan fingerprint density at radius 2 is 2.33 bits per heavy atom. The predicted molar refractivity (Wildman–Crippen MR) is 75.4 cm³/mol. The van der Waals surface area contributed by atoms with Gasteiger partial charge in [0.1, 0.15) is 6.10 Å². The average molecular weight is 314 g/mol. The topological polar surface area (TPSA) is 129 Å². The second-order valence-electron chi connectivity index (χ2n) is 4.19. The zero-order chi connectivity index (χ0) is 15.4. The quantitative estimate of drug-likeness (QED) is 0.612. The van der Waals surface area contributed by atoms with Crippen molar-refractivity contribution in [2.75, 3.05) is 17.6 Å². The summed E-state index contributed by atoms with van der Waals surface area (Å²) in [5.74, 6) is 0.175. The lowest BCUT2D eigenvalue weighted by Gasteiger charge is -2.14. The molecular weight excluding hydrogens is 302 g/mol. The highest BCUT2D eigenvalue weighted by molar-refractivity contribution is 6.33. The van der Waals surface area contributed by atoms with Crippen LogP contribution in [0.2, 0.25) is 5.02 Å². The standard InChI is InChI=1S/C11H12ClN5O4/c1-6(20-11-10(13)15-21-16-11)5-14-9-3-2-7(17(18)19)4-8(9)12/h2-4,6,14H,5H2,1H3,(H2,13,15)/t6-/m1/s1. The summed E-state index contributed by atoms with van der Waals surface area (Å²) in [4.78, 5) is 10.1. The number of aromatic nitrogens is 2. The molecule has 1 aromatic carbocycles. The van der Waals surface area contributed by atoms with Gasteiger partial charge in [0, 0.05) is 12.1 Å². The van der Waals surface area contributed by atoms with Crippen molar-refractivity contribution < 1.29 is 14.3 Å². The molecule has 2 rings (SSSR count). The molecule has 0 spiro atoms. The van der Waals surface area contributed by atoms with Gasteiger partial charge in [-0.05, 0) is 23.3 Å². The maximum atomic E-state index is 10.6. The fourth-order valence-electron chi connectivity index (χ4n) is 1.52. The van der Waals surface area contributed by atoms with E-state index in [1.807, 2.05) is 0 Å². The van der Waals surface area contributed by atoms with Crippen molar-refractivity contribution in [1.29, 1.82) is 0 Å². The molecule has 1 aromatic heterocycles. The highest BCUT2D eigenvalue weighted by Gasteiger charge is 2.13. The molecular formula is C11H12ClN5O4. The van der Waals surface area contributed by atoms with Gasteiger partial charge in [-0.3, -0.25) is 10.1 Å². The Morgan fingerprint density at radius 1 is 1.57 bits per heavy atom. The molecule has 0 radical (unpaired) electrons. The molecule has 0 bridgehead atoms. The van der Waals surface area contributed by atoms with Gasteiger partial charge in [-0.15, -0.1) is 0 Å². The van der Waals surface area contributed by atoms with Crippen LogP contribution in [-0.2, 0) is 0 Å². The van der Waals surface area contributed by atoms with Crippen molar-refractivity contribution in [3.8, 4) is 5.88 Å². The van der Waals surface area contributed by atoms with Crippen molar-refractivity contribution in [1.82, 2.24) is 10.3 Å². The van der Waals surface area contributed by atoms with Crippen molar-refractivity contribution >= 4 is 28.8 Å². The van der Waals surface area contributed by atoms with Crippen molar-refractivity contribution in [3.63, 3.8) is 0 Å². The fourth-order valence-corrected chi connectivity index (χ4v) is 1.76. The van der Waals surface area contributed by atoms with Crippen LogP contribution in [0.25, 0.3) is 0 Å². The molecule has 112 valence electrons. The number of hydrogen-bond acceptors (Lipinski definition) is 8. The van der Waals surface area contributed by atoms with E-state index < -0.39 is 4.92 Å². The van der Waals surface area contributed by atoms with Crippen LogP contribution in [0, 0.1) is 10.1 Å². The second-order valence-corrected chi connectivity index (χ2v) is 4.59. The van der Waals surface area contributed by atoms with E-state index in [9.17, 15) is 10.1 Å². The SMILES string of the molecule is C[C@H](CNc1ccc([N+](=O)[O-])cc1Cl)Oc1nonc1N. The van der Waals surface area contributed by atoms with E-state index in [4.69, 9.17) is 22.1 Å². The summed E-state index contributed by atoms with van der Waals surface area (Å²) in [6, 6.07) is 4.16. The smallest absolute Gasteiger partial charge is 0.300 e. The maximum Gasteiger partial charge on any atom is 0.300 e. The number of nitrogens with one attached hydrogen (secondary N) is 1. The number of benzene rings is 1. The number of ether oxygens (including phenoxy) is 1. The highest BCUT2D eigenvalue weighted by atomic mass is 35.5. The molecule has 0 saturated carbocycles. The first-order valence-corrected chi connectivity index (χ1v) is 6.27. The number of non-ortho nitro benzene ring substituents is 1. The monoisotopic (exact) mass is 313 g/mol. The lowest BCUT2D eigenvalue weighted by molar-refractivity contribution is -0.384. The number of hydrogen-bond donors (Lipinski definition) is 2. The van der Waals surface area contributed by atoms with Crippen LogP contribution in [0.15, 0.2) is 22.8 Å². The molecule has 0 aliphatic carbocycles. The normalized spacial score (nSPS) is 11.9. The molecule has 21 heavy (non-hydrogen) atoms. The Balaban J connectivity index is 1.93. The third-order valence-electron chi connectivity index (χ3n) is 2.54. The largest absolute Gasteiger partial charge is 0.468 e. The Hall–Kier alpha value is -2.55. The first-order valence-electron chi connectivity index (χ1n) is 5.90. The van der Waals surface area contributed by atoms with E-state index >= 15 is 0 Å². The maximum absolute atomic E-state index is 10.6.